The monoisotopic (exact) mass is 442 g/mol. The molecule has 0 N–H and O–H groups in total. The van der Waals surface area contributed by atoms with Crippen molar-refractivity contribution in [2.75, 3.05) is 24.2 Å². The van der Waals surface area contributed by atoms with Gasteiger partial charge in [0.2, 0.25) is 27.6 Å². The fourth-order valence-corrected chi connectivity index (χ4v) is 3.96. The molecule has 0 unspecified atom stereocenters. The number of sulfonamides is 1. The third kappa shape index (κ3) is 5.29. The fourth-order valence-electron chi connectivity index (χ4n) is 3.06. The molecule has 1 heterocycles. The molecule has 0 saturated carbocycles. The van der Waals surface area contributed by atoms with Crippen molar-refractivity contribution in [1.82, 2.24) is 15.0 Å². The average Bonchev–Trinajstić information content (AvgIpc) is 3.16. The van der Waals surface area contributed by atoms with Crippen LogP contribution in [0, 0.1) is 20.8 Å². The lowest BCUT2D eigenvalue weighted by molar-refractivity contribution is -0.129. The molecule has 2 aromatic carbocycles. The standard InChI is InChI=1S/C22H26N4O4S/c1-15-9-11-18(12-10-15)22-23-20(30-24-22)13-25(4)21(27)14-26(31(5,28)29)19-8-6-7-16(2)17(19)3/h6-12H,13-14H2,1-5H3. The summed E-state index contributed by atoms with van der Waals surface area (Å²) in [6, 6.07) is 13.1. The minimum absolute atomic E-state index is 0.0715. The smallest absolute Gasteiger partial charge is 0.246 e. The summed E-state index contributed by atoms with van der Waals surface area (Å²) in [5, 5.41) is 3.97. The molecule has 0 radical (unpaired) electrons. The largest absolute Gasteiger partial charge is 0.337 e. The molecule has 1 amide bonds. The highest BCUT2D eigenvalue weighted by molar-refractivity contribution is 7.92. The summed E-state index contributed by atoms with van der Waals surface area (Å²) in [4.78, 5) is 18.5. The first-order valence-corrected chi connectivity index (χ1v) is 11.6. The fraction of sp³-hybridized carbons (Fsp3) is 0.318. The molecule has 0 bridgehead atoms. The average molecular weight is 443 g/mol. The highest BCUT2D eigenvalue weighted by atomic mass is 32.2. The second-order valence-corrected chi connectivity index (χ2v) is 9.52. The molecule has 0 fully saturated rings. The van der Waals surface area contributed by atoms with Crippen LogP contribution in [0.2, 0.25) is 0 Å². The van der Waals surface area contributed by atoms with Crippen LogP contribution in [-0.2, 0) is 21.4 Å². The molecule has 0 aliphatic carbocycles. The topological polar surface area (TPSA) is 96.6 Å². The van der Waals surface area contributed by atoms with E-state index in [1.807, 2.05) is 51.1 Å². The first-order chi connectivity index (χ1) is 14.6. The summed E-state index contributed by atoms with van der Waals surface area (Å²) in [5.74, 6) is 0.314. The van der Waals surface area contributed by atoms with E-state index in [1.54, 1.807) is 19.2 Å². The second-order valence-electron chi connectivity index (χ2n) is 7.62. The minimum atomic E-state index is -3.66. The Morgan fingerprint density at radius 3 is 2.39 bits per heavy atom. The maximum atomic E-state index is 12.8. The van der Waals surface area contributed by atoms with Crippen LogP contribution >= 0.6 is 0 Å². The van der Waals surface area contributed by atoms with Crippen LogP contribution in [0.25, 0.3) is 11.4 Å². The van der Waals surface area contributed by atoms with E-state index in [1.165, 1.54) is 4.90 Å². The lowest BCUT2D eigenvalue weighted by Crippen LogP contribution is -2.41. The van der Waals surface area contributed by atoms with Gasteiger partial charge in [-0.2, -0.15) is 4.98 Å². The van der Waals surface area contributed by atoms with E-state index in [0.29, 0.717) is 11.5 Å². The number of likely N-dealkylation sites (N-methyl/N-ethyl adjacent to an activating group) is 1. The van der Waals surface area contributed by atoms with Crippen LogP contribution in [0.4, 0.5) is 5.69 Å². The van der Waals surface area contributed by atoms with Gasteiger partial charge in [0.25, 0.3) is 0 Å². The van der Waals surface area contributed by atoms with E-state index in [-0.39, 0.29) is 24.9 Å². The van der Waals surface area contributed by atoms with E-state index in [2.05, 4.69) is 10.1 Å². The predicted molar refractivity (Wildman–Crippen MR) is 119 cm³/mol. The van der Waals surface area contributed by atoms with Gasteiger partial charge >= 0.3 is 0 Å². The van der Waals surface area contributed by atoms with Crippen molar-refractivity contribution in [3.8, 4) is 11.4 Å². The summed E-state index contributed by atoms with van der Waals surface area (Å²) >= 11 is 0. The predicted octanol–water partition coefficient (Wildman–Crippen LogP) is 3.09. The van der Waals surface area contributed by atoms with Crippen LogP contribution in [0.15, 0.2) is 47.0 Å². The van der Waals surface area contributed by atoms with E-state index >= 15 is 0 Å². The number of hydrogen-bond donors (Lipinski definition) is 0. The first-order valence-electron chi connectivity index (χ1n) is 9.74. The number of benzene rings is 2. The number of aryl methyl sites for hydroxylation is 2. The number of carbonyl (C=O) groups excluding carboxylic acids is 1. The number of hydrogen-bond acceptors (Lipinski definition) is 6. The zero-order valence-electron chi connectivity index (χ0n) is 18.3. The maximum absolute atomic E-state index is 12.8. The summed E-state index contributed by atoms with van der Waals surface area (Å²) in [7, 11) is -2.09. The summed E-state index contributed by atoms with van der Waals surface area (Å²) < 4.78 is 31.2. The van der Waals surface area contributed by atoms with Gasteiger partial charge in [-0.15, -0.1) is 0 Å². The highest BCUT2D eigenvalue weighted by Crippen LogP contribution is 2.25. The van der Waals surface area contributed by atoms with Crippen molar-refractivity contribution >= 4 is 21.6 Å². The third-order valence-corrected chi connectivity index (χ3v) is 6.23. The molecule has 8 nitrogen and oxygen atoms in total. The van der Waals surface area contributed by atoms with Gasteiger partial charge in [0.05, 0.1) is 18.5 Å². The minimum Gasteiger partial charge on any atom is -0.337 e. The van der Waals surface area contributed by atoms with E-state index in [9.17, 15) is 13.2 Å². The van der Waals surface area contributed by atoms with Gasteiger partial charge < -0.3 is 9.42 Å². The number of carbonyl (C=O) groups is 1. The van der Waals surface area contributed by atoms with Crippen LogP contribution in [0.3, 0.4) is 0 Å². The Kier molecular flexibility index (Phi) is 6.45. The maximum Gasteiger partial charge on any atom is 0.246 e. The summed E-state index contributed by atoms with van der Waals surface area (Å²) in [6.07, 6.45) is 1.09. The third-order valence-electron chi connectivity index (χ3n) is 5.10. The highest BCUT2D eigenvalue weighted by Gasteiger charge is 2.25. The van der Waals surface area contributed by atoms with Gasteiger partial charge in [0, 0.05) is 12.6 Å². The first kappa shape index (κ1) is 22.5. The zero-order chi connectivity index (χ0) is 22.8. The Balaban J connectivity index is 1.74. The zero-order valence-corrected chi connectivity index (χ0v) is 19.1. The molecule has 164 valence electrons. The van der Waals surface area contributed by atoms with Gasteiger partial charge in [-0.3, -0.25) is 9.10 Å². The quantitative estimate of drug-likeness (QED) is 0.558. The molecule has 31 heavy (non-hydrogen) atoms. The van der Waals surface area contributed by atoms with Crippen molar-refractivity contribution in [1.29, 1.82) is 0 Å². The normalized spacial score (nSPS) is 11.4. The number of anilines is 1. The van der Waals surface area contributed by atoms with Gasteiger partial charge in [-0.05, 0) is 38.0 Å². The molecule has 0 spiro atoms. The lowest BCUT2D eigenvalue weighted by atomic mass is 10.1. The van der Waals surface area contributed by atoms with Gasteiger partial charge in [0.1, 0.15) is 6.54 Å². The molecule has 0 saturated heterocycles. The number of aromatic nitrogens is 2. The van der Waals surface area contributed by atoms with Gasteiger partial charge in [-0.25, -0.2) is 8.42 Å². The summed E-state index contributed by atoms with van der Waals surface area (Å²) in [6.45, 7) is 5.47. The van der Waals surface area contributed by atoms with Crippen molar-refractivity contribution < 1.29 is 17.7 Å². The molecule has 1 aromatic heterocycles. The Morgan fingerprint density at radius 2 is 1.74 bits per heavy atom. The Hall–Kier alpha value is -3.20. The van der Waals surface area contributed by atoms with Crippen LogP contribution < -0.4 is 4.31 Å². The van der Waals surface area contributed by atoms with Crippen molar-refractivity contribution in [3.63, 3.8) is 0 Å². The molecular formula is C22H26N4O4S. The number of amides is 1. The van der Waals surface area contributed by atoms with Gasteiger partial charge in [-0.1, -0.05) is 47.1 Å². The Bertz CT molecular complexity index is 1190. The summed E-state index contributed by atoms with van der Waals surface area (Å²) in [5.41, 5.74) is 4.18. The van der Waals surface area contributed by atoms with Crippen molar-refractivity contribution in [2.45, 2.75) is 27.3 Å². The van der Waals surface area contributed by atoms with E-state index < -0.39 is 10.0 Å². The van der Waals surface area contributed by atoms with E-state index in [4.69, 9.17) is 4.52 Å². The molecule has 0 aliphatic heterocycles. The van der Waals surface area contributed by atoms with Crippen molar-refractivity contribution in [3.05, 3.63) is 65.0 Å². The molecule has 0 aliphatic rings. The van der Waals surface area contributed by atoms with Crippen LogP contribution in [0.1, 0.15) is 22.6 Å². The van der Waals surface area contributed by atoms with Crippen LogP contribution in [-0.4, -0.2) is 49.2 Å². The van der Waals surface area contributed by atoms with Crippen LogP contribution in [0.5, 0.6) is 0 Å². The second kappa shape index (κ2) is 8.89. The van der Waals surface area contributed by atoms with E-state index in [0.717, 1.165) is 32.8 Å². The molecule has 0 atom stereocenters. The number of rotatable bonds is 7. The van der Waals surface area contributed by atoms with Gasteiger partial charge in [0.15, 0.2) is 0 Å². The van der Waals surface area contributed by atoms with Crippen molar-refractivity contribution in [2.24, 2.45) is 0 Å². The lowest BCUT2D eigenvalue weighted by Gasteiger charge is -2.26. The molecule has 9 heteroatoms. The number of nitrogens with zero attached hydrogens (tertiary/aromatic N) is 4. The Morgan fingerprint density at radius 1 is 1.06 bits per heavy atom. The molecule has 3 rings (SSSR count). The molecule has 3 aromatic rings. The molecular weight excluding hydrogens is 416 g/mol. The Labute approximate surface area is 182 Å². The SMILES string of the molecule is Cc1ccc(-c2noc(CN(C)C(=O)CN(c3cccc(C)c3C)S(C)(=O)=O)n2)cc1.